The number of ether oxygens (including phenoxy) is 1. The molecular weight excluding hydrogens is 238 g/mol. The van der Waals surface area contributed by atoms with Crippen LogP contribution >= 0.6 is 0 Å². The fourth-order valence-corrected chi connectivity index (χ4v) is 3.91. The average Bonchev–Trinajstić information content (AvgIpc) is 2.25. The zero-order chi connectivity index (χ0) is 14.1. The first-order valence-electron chi connectivity index (χ1n) is 7.77. The van der Waals surface area contributed by atoms with Crippen molar-refractivity contribution in [2.75, 3.05) is 0 Å². The molecule has 2 fully saturated rings. The van der Waals surface area contributed by atoms with E-state index in [1.54, 1.807) is 0 Å². The number of carbonyl (C=O) groups is 1. The van der Waals surface area contributed by atoms with Crippen molar-refractivity contribution in [2.45, 2.75) is 89.8 Å². The predicted octanol–water partition coefficient (Wildman–Crippen LogP) is 3.42. The van der Waals surface area contributed by atoms with Crippen LogP contribution in [0, 0.1) is 5.92 Å². The van der Waals surface area contributed by atoms with Crippen molar-refractivity contribution in [1.82, 2.24) is 5.32 Å². The summed E-state index contributed by atoms with van der Waals surface area (Å²) in [6.07, 6.45) is 7.58. The predicted molar refractivity (Wildman–Crippen MR) is 77.0 cm³/mol. The summed E-state index contributed by atoms with van der Waals surface area (Å²) in [4.78, 5) is 12.2. The van der Waals surface area contributed by atoms with Gasteiger partial charge in [0.1, 0.15) is 6.10 Å². The zero-order valence-corrected chi connectivity index (χ0v) is 12.9. The number of nitrogens with one attached hydrogen (secondary N) is 1. The van der Waals surface area contributed by atoms with Gasteiger partial charge in [-0.15, -0.1) is 0 Å². The van der Waals surface area contributed by atoms with Crippen molar-refractivity contribution in [3.05, 3.63) is 0 Å². The first-order valence-corrected chi connectivity index (χ1v) is 7.77. The van der Waals surface area contributed by atoms with Crippen LogP contribution in [0.25, 0.3) is 0 Å². The second kappa shape index (κ2) is 5.43. The monoisotopic (exact) mass is 267 g/mol. The molecule has 0 aromatic heterocycles. The van der Waals surface area contributed by atoms with Gasteiger partial charge in [-0.2, -0.15) is 0 Å². The summed E-state index contributed by atoms with van der Waals surface area (Å²) in [5.74, 6) is 0.216. The van der Waals surface area contributed by atoms with Gasteiger partial charge in [-0.05, 0) is 40.5 Å². The summed E-state index contributed by atoms with van der Waals surface area (Å²) in [5, 5.41) is 3.62. The average molecular weight is 267 g/mol. The van der Waals surface area contributed by atoms with Gasteiger partial charge >= 0.3 is 5.97 Å². The smallest absolute Gasteiger partial charge is 0.309 e. The number of rotatable bonds is 2. The van der Waals surface area contributed by atoms with Crippen molar-refractivity contribution in [3.8, 4) is 0 Å². The quantitative estimate of drug-likeness (QED) is 0.779. The summed E-state index contributed by atoms with van der Waals surface area (Å²) < 4.78 is 5.82. The third kappa shape index (κ3) is 4.20. The lowest BCUT2D eigenvalue weighted by Crippen LogP contribution is -2.59. The summed E-state index contributed by atoms with van der Waals surface area (Å²) >= 11 is 0. The molecule has 2 aliphatic rings. The fraction of sp³-hybridized carbons (Fsp3) is 0.938. The van der Waals surface area contributed by atoms with E-state index in [1.165, 1.54) is 19.3 Å². The Balaban J connectivity index is 1.92. The van der Waals surface area contributed by atoms with E-state index in [1.807, 2.05) is 0 Å². The van der Waals surface area contributed by atoms with Crippen molar-refractivity contribution in [1.29, 1.82) is 0 Å². The summed E-state index contributed by atoms with van der Waals surface area (Å²) in [5.41, 5.74) is 0.0819. The summed E-state index contributed by atoms with van der Waals surface area (Å²) in [6.45, 7) is 8.76. The van der Waals surface area contributed by atoms with E-state index < -0.39 is 0 Å². The molecular formula is C16H29NO2. The molecule has 0 radical (unpaired) electrons. The highest BCUT2D eigenvalue weighted by molar-refractivity contribution is 5.72. The van der Waals surface area contributed by atoms with Gasteiger partial charge in [0, 0.05) is 23.9 Å². The Bertz CT molecular complexity index is 314. The van der Waals surface area contributed by atoms with Crippen LogP contribution in [0.15, 0.2) is 0 Å². The molecule has 1 saturated carbocycles. The molecule has 110 valence electrons. The maximum Gasteiger partial charge on any atom is 0.309 e. The van der Waals surface area contributed by atoms with Crippen molar-refractivity contribution >= 4 is 5.97 Å². The van der Waals surface area contributed by atoms with Crippen molar-refractivity contribution in [3.63, 3.8) is 0 Å². The molecule has 2 rings (SSSR count). The standard InChI is InChI=1S/C16H29NO2/c1-15(2)10-13(11-16(3,4)17-15)19-14(18)12-8-6-5-7-9-12/h12-13,17H,5-11H2,1-4H3. The van der Waals surface area contributed by atoms with Gasteiger partial charge in [0.25, 0.3) is 0 Å². The van der Waals surface area contributed by atoms with E-state index in [2.05, 4.69) is 33.0 Å². The minimum Gasteiger partial charge on any atom is -0.462 e. The first-order chi connectivity index (χ1) is 8.77. The van der Waals surface area contributed by atoms with Gasteiger partial charge in [-0.3, -0.25) is 4.79 Å². The second-order valence-electron chi connectivity index (χ2n) is 7.69. The Morgan fingerprint density at radius 2 is 1.53 bits per heavy atom. The molecule has 1 heterocycles. The van der Waals surface area contributed by atoms with E-state index in [4.69, 9.17) is 4.74 Å². The van der Waals surface area contributed by atoms with Gasteiger partial charge in [-0.1, -0.05) is 19.3 Å². The molecule has 3 nitrogen and oxygen atoms in total. The van der Waals surface area contributed by atoms with E-state index >= 15 is 0 Å². The molecule has 0 spiro atoms. The number of piperidine rings is 1. The lowest BCUT2D eigenvalue weighted by atomic mass is 9.81. The first kappa shape index (κ1) is 14.8. The van der Waals surface area contributed by atoms with E-state index in [0.29, 0.717) is 0 Å². The van der Waals surface area contributed by atoms with Crippen LogP contribution in [-0.2, 0) is 9.53 Å². The van der Waals surface area contributed by atoms with Crippen LogP contribution in [0.2, 0.25) is 0 Å². The third-order valence-corrected chi connectivity index (χ3v) is 4.37. The molecule has 0 aromatic rings. The van der Waals surface area contributed by atoms with Gasteiger partial charge in [-0.25, -0.2) is 0 Å². The molecule has 19 heavy (non-hydrogen) atoms. The van der Waals surface area contributed by atoms with Crippen LogP contribution in [0.3, 0.4) is 0 Å². The van der Waals surface area contributed by atoms with Crippen LogP contribution in [0.5, 0.6) is 0 Å². The highest BCUT2D eigenvalue weighted by atomic mass is 16.5. The number of hydrogen-bond donors (Lipinski definition) is 1. The maximum atomic E-state index is 12.2. The Kier molecular flexibility index (Phi) is 4.24. The van der Waals surface area contributed by atoms with Crippen LogP contribution in [0.4, 0.5) is 0 Å². The molecule has 1 N–H and O–H groups in total. The summed E-state index contributed by atoms with van der Waals surface area (Å²) in [6, 6.07) is 0. The summed E-state index contributed by atoms with van der Waals surface area (Å²) in [7, 11) is 0. The van der Waals surface area contributed by atoms with E-state index in [-0.39, 0.29) is 29.1 Å². The SMILES string of the molecule is CC1(C)CC(OC(=O)C2CCCCC2)CC(C)(C)N1. The van der Waals surface area contributed by atoms with E-state index in [0.717, 1.165) is 25.7 Å². The largest absolute Gasteiger partial charge is 0.462 e. The Morgan fingerprint density at radius 3 is 2.05 bits per heavy atom. The highest BCUT2D eigenvalue weighted by Gasteiger charge is 2.40. The van der Waals surface area contributed by atoms with Gasteiger partial charge in [0.2, 0.25) is 0 Å². The maximum absolute atomic E-state index is 12.2. The highest BCUT2D eigenvalue weighted by Crippen LogP contribution is 2.32. The Morgan fingerprint density at radius 1 is 1.00 bits per heavy atom. The molecule has 0 amide bonds. The molecule has 3 heteroatoms. The minimum absolute atomic E-state index is 0.0409. The molecule has 1 saturated heterocycles. The van der Waals surface area contributed by atoms with Gasteiger partial charge < -0.3 is 10.1 Å². The normalized spacial score (nSPS) is 28.0. The second-order valence-corrected chi connectivity index (χ2v) is 7.69. The van der Waals surface area contributed by atoms with Gasteiger partial charge in [0.05, 0.1) is 5.92 Å². The molecule has 0 aromatic carbocycles. The number of hydrogen-bond acceptors (Lipinski definition) is 3. The molecule has 1 aliphatic carbocycles. The number of carbonyl (C=O) groups excluding carboxylic acids is 1. The number of esters is 1. The zero-order valence-electron chi connectivity index (χ0n) is 12.9. The fourth-order valence-electron chi connectivity index (χ4n) is 3.91. The third-order valence-electron chi connectivity index (χ3n) is 4.37. The van der Waals surface area contributed by atoms with Crippen LogP contribution in [-0.4, -0.2) is 23.2 Å². The van der Waals surface area contributed by atoms with Crippen molar-refractivity contribution < 1.29 is 9.53 Å². The molecule has 0 unspecified atom stereocenters. The minimum atomic E-state index is 0.0409. The van der Waals surface area contributed by atoms with E-state index in [9.17, 15) is 4.79 Å². The Labute approximate surface area is 117 Å². The van der Waals surface area contributed by atoms with Crippen LogP contribution in [0.1, 0.15) is 72.6 Å². The topological polar surface area (TPSA) is 38.3 Å². The Hall–Kier alpha value is -0.570. The molecule has 1 aliphatic heterocycles. The molecule has 0 atom stereocenters. The lowest BCUT2D eigenvalue weighted by molar-refractivity contribution is -0.159. The van der Waals surface area contributed by atoms with Crippen molar-refractivity contribution in [2.24, 2.45) is 5.92 Å². The van der Waals surface area contributed by atoms with Gasteiger partial charge in [0.15, 0.2) is 0 Å². The molecule has 0 bridgehead atoms. The van der Waals surface area contributed by atoms with Crippen LogP contribution < -0.4 is 5.32 Å². The lowest BCUT2D eigenvalue weighted by Gasteiger charge is -2.46.